The maximum absolute atomic E-state index is 11.6. The van der Waals surface area contributed by atoms with E-state index in [2.05, 4.69) is 31.8 Å². The second-order valence-electron chi connectivity index (χ2n) is 4.08. The minimum Gasteiger partial charge on any atom is -0.353 e. The Kier molecular flexibility index (Phi) is 8.43. The Balaban J connectivity index is 3.75. The molecule has 0 aliphatic carbocycles. The highest BCUT2D eigenvalue weighted by molar-refractivity contribution is 7.99. The Hall–Kier alpha value is 0.170. The van der Waals surface area contributed by atoms with Crippen LogP contribution in [0.15, 0.2) is 0 Å². The fourth-order valence-corrected chi connectivity index (χ4v) is 1.99. The van der Waals surface area contributed by atoms with Crippen molar-refractivity contribution < 1.29 is 4.79 Å². The van der Waals surface area contributed by atoms with Crippen LogP contribution >= 0.6 is 24.4 Å². The lowest BCUT2D eigenvalue weighted by atomic mass is 10.1. The molecule has 15 heavy (non-hydrogen) atoms. The molecule has 1 amide bonds. The van der Waals surface area contributed by atoms with E-state index in [-0.39, 0.29) is 23.1 Å². The van der Waals surface area contributed by atoms with E-state index >= 15 is 0 Å². The summed E-state index contributed by atoms with van der Waals surface area (Å²) in [6.45, 7) is 8.22. The molecule has 1 N–H and O–H groups in total. The second-order valence-corrected chi connectivity index (χ2v) is 6.03. The van der Waals surface area contributed by atoms with Gasteiger partial charge in [-0.05, 0) is 30.8 Å². The smallest absolute Gasteiger partial charge is 0.233 e. The normalized spacial score (nSPS) is 15.1. The van der Waals surface area contributed by atoms with Gasteiger partial charge in [0.2, 0.25) is 5.91 Å². The van der Waals surface area contributed by atoms with Crippen molar-refractivity contribution in [2.45, 2.75) is 45.4 Å². The van der Waals surface area contributed by atoms with Gasteiger partial charge in [-0.3, -0.25) is 4.79 Å². The summed E-state index contributed by atoms with van der Waals surface area (Å²) in [4.78, 5) is 11.6. The van der Waals surface area contributed by atoms with Crippen LogP contribution in [-0.2, 0) is 4.79 Å². The topological polar surface area (TPSA) is 29.1 Å². The lowest BCUT2D eigenvalue weighted by Gasteiger charge is -2.18. The predicted octanol–water partition coefficient (Wildman–Crippen LogP) is 2.59. The number of carbonyl (C=O) groups excluding carboxylic acids is 1. The molecule has 2 nitrogen and oxygen atoms in total. The van der Waals surface area contributed by atoms with E-state index in [4.69, 9.17) is 0 Å². The van der Waals surface area contributed by atoms with Gasteiger partial charge in [-0.1, -0.05) is 20.8 Å². The number of amides is 1. The van der Waals surface area contributed by atoms with Crippen LogP contribution in [-0.4, -0.2) is 28.7 Å². The first-order valence-corrected chi connectivity index (χ1v) is 7.22. The van der Waals surface area contributed by atoms with Gasteiger partial charge in [0.1, 0.15) is 0 Å². The molecule has 0 aliphatic heterocycles. The fourth-order valence-electron chi connectivity index (χ4n) is 1.11. The van der Waals surface area contributed by atoms with Crippen LogP contribution in [0.1, 0.15) is 34.1 Å². The molecule has 2 unspecified atom stereocenters. The average molecular weight is 249 g/mol. The van der Waals surface area contributed by atoms with E-state index in [9.17, 15) is 4.79 Å². The molecule has 4 heteroatoms. The molecular formula is C11H23NOS2. The van der Waals surface area contributed by atoms with E-state index in [1.807, 2.05) is 25.6 Å². The quantitative estimate of drug-likeness (QED) is 0.536. The highest BCUT2D eigenvalue weighted by Gasteiger charge is 2.18. The third-order valence-electron chi connectivity index (χ3n) is 2.19. The molecule has 0 aromatic carbocycles. The summed E-state index contributed by atoms with van der Waals surface area (Å²) in [6, 6.07) is 0.255. The first-order chi connectivity index (χ1) is 6.99. The number of hydrogen-bond donors (Lipinski definition) is 2. The minimum atomic E-state index is -0.189. The van der Waals surface area contributed by atoms with Crippen molar-refractivity contribution in [3.05, 3.63) is 0 Å². The van der Waals surface area contributed by atoms with E-state index in [1.165, 1.54) is 0 Å². The number of hydrogen-bond acceptors (Lipinski definition) is 3. The number of nitrogens with one attached hydrogen (secondary N) is 1. The van der Waals surface area contributed by atoms with Crippen LogP contribution < -0.4 is 5.32 Å². The molecule has 90 valence electrons. The largest absolute Gasteiger partial charge is 0.353 e. The lowest BCUT2D eigenvalue weighted by Crippen LogP contribution is -2.40. The third-order valence-corrected chi connectivity index (χ3v) is 3.95. The van der Waals surface area contributed by atoms with Gasteiger partial charge in [0, 0.05) is 6.04 Å². The SMILES string of the molecule is CCSCCC(C)NC(=O)C(S)C(C)C. The molecule has 2 atom stereocenters. The maximum atomic E-state index is 11.6. The van der Waals surface area contributed by atoms with Crippen LogP contribution in [0.25, 0.3) is 0 Å². The number of carbonyl (C=O) groups is 1. The van der Waals surface area contributed by atoms with Gasteiger partial charge in [0.15, 0.2) is 0 Å². The second kappa shape index (κ2) is 8.34. The third kappa shape index (κ3) is 7.12. The molecule has 0 radical (unpaired) electrons. The van der Waals surface area contributed by atoms with Crippen LogP contribution in [0.3, 0.4) is 0 Å². The Morgan fingerprint density at radius 3 is 2.47 bits per heavy atom. The molecule has 0 saturated heterocycles. The van der Waals surface area contributed by atoms with Gasteiger partial charge in [-0.2, -0.15) is 24.4 Å². The number of rotatable bonds is 7. The highest BCUT2D eigenvalue weighted by Crippen LogP contribution is 2.10. The predicted molar refractivity (Wildman–Crippen MR) is 72.8 cm³/mol. The van der Waals surface area contributed by atoms with Crippen molar-refractivity contribution in [3.8, 4) is 0 Å². The van der Waals surface area contributed by atoms with Crippen molar-refractivity contribution in [3.63, 3.8) is 0 Å². The molecule has 0 aromatic heterocycles. The van der Waals surface area contributed by atoms with Crippen LogP contribution in [0.4, 0.5) is 0 Å². The van der Waals surface area contributed by atoms with Gasteiger partial charge in [-0.25, -0.2) is 0 Å². The Labute approximate surface area is 103 Å². The molecule has 0 fully saturated rings. The summed E-state index contributed by atoms with van der Waals surface area (Å²) in [5, 5.41) is 2.80. The fraction of sp³-hybridized carbons (Fsp3) is 0.909. The van der Waals surface area contributed by atoms with Crippen molar-refractivity contribution in [1.29, 1.82) is 0 Å². The summed E-state index contributed by atoms with van der Waals surface area (Å²) >= 11 is 6.19. The zero-order valence-electron chi connectivity index (χ0n) is 10.1. The monoisotopic (exact) mass is 249 g/mol. The Morgan fingerprint density at radius 2 is 2.00 bits per heavy atom. The summed E-state index contributed by atoms with van der Waals surface area (Å²) in [5.74, 6) is 2.59. The van der Waals surface area contributed by atoms with E-state index < -0.39 is 0 Å². The van der Waals surface area contributed by atoms with Crippen molar-refractivity contribution in [2.24, 2.45) is 5.92 Å². The van der Waals surface area contributed by atoms with Gasteiger partial charge in [0.25, 0.3) is 0 Å². The van der Waals surface area contributed by atoms with Gasteiger partial charge >= 0.3 is 0 Å². The first kappa shape index (κ1) is 15.2. The van der Waals surface area contributed by atoms with Gasteiger partial charge in [-0.15, -0.1) is 0 Å². The van der Waals surface area contributed by atoms with Crippen LogP contribution in [0, 0.1) is 5.92 Å². The van der Waals surface area contributed by atoms with Crippen molar-refractivity contribution in [1.82, 2.24) is 5.32 Å². The zero-order valence-corrected chi connectivity index (χ0v) is 11.8. The number of thiol groups is 1. The zero-order chi connectivity index (χ0) is 11.8. The summed E-state index contributed by atoms with van der Waals surface area (Å²) in [6.07, 6.45) is 1.03. The molecule has 0 aromatic rings. The molecule has 0 heterocycles. The van der Waals surface area contributed by atoms with Gasteiger partial charge in [0.05, 0.1) is 5.25 Å². The van der Waals surface area contributed by atoms with E-state index in [0.29, 0.717) is 0 Å². The Bertz CT molecular complexity index is 185. The molecular weight excluding hydrogens is 226 g/mol. The molecule has 0 aliphatic rings. The summed E-state index contributed by atoms with van der Waals surface area (Å²) < 4.78 is 0. The molecule has 0 saturated carbocycles. The van der Waals surface area contributed by atoms with Gasteiger partial charge < -0.3 is 5.32 Å². The molecule has 0 rings (SSSR count). The number of thioether (sulfide) groups is 1. The molecule has 0 bridgehead atoms. The van der Waals surface area contributed by atoms with Crippen LogP contribution in [0.2, 0.25) is 0 Å². The van der Waals surface area contributed by atoms with Crippen molar-refractivity contribution in [2.75, 3.05) is 11.5 Å². The average Bonchev–Trinajstić information content (AvgIpc) is 2.16. The van der Waals surface area contributed by atoms with Crippen LogP contribution in [0.5, 0.6) is 0 Å². The van der Waals surface area contributed by atoms with Crippen molar-refractivity contribution >= 4 is 30.3 Å². The van der Waals surface area contributed by atoms with E-state index in [0.717, 1.165) is 17.9 Å². The standard InChI is InChI=1S/C11H23NOS2/c1-5-15-7-6-9(4)12-11(13)10(14)8(2)3/h8-10,14H,5-7H2,1-4H3,(H,12,13). The summed E-state index contributed by atoms with van der Waals surface area (Å²) in [7, 11) is 0. The highest BCUT2D eigenvalue weighted by atomic mass is 32.2. The maximum Gasteiger partial charge on any atom is 0.233 e. The molecule has 0 spiro atoms. The summed E-state index contributed by atoms with van der Waals surface area (Å²) in [5.41, 5.74) is 0. The lowest BCUT2D eigenvalue weighted by molar-refractivity contribution is -0.121. The minimum absolute atomic E-state index is 0.0577. The Morgan fingerprint density at radius 1 is 1.40 bits per heavy atom. The first-order valence-electron chi connectivity index (χ1n) is 5.55. The van der Waals surface area contributed by atoms with E-state index in [1.54, 1.807) is 0 Å².